The van der Waals surface area contributed by atoms with Crippen LogP contribution >= 0.6 is 11.6 Å². The highest BCUT2D eigenvalue weighted by molar-refractivity contribution is 6.30. The fourth-order valence-electron chi connectivity index (χ4n) is 1.50. The summed E-state index contributed by atoms with van der Waals surface area (Å²) in [5.74, 6) is 0.745. The predicted molar refractivity (Wildman–Crippen MR) is 78.4 cm³/mol. The van der Waals surface area contributed by atoms with E-state index < -0.39 is 6.09 Å². The number of hydrogen-bond acceptors (Lipinski definition) is 3. The van der Waals surface area contributed by atoms with E-state index in [1.807, 2.05) is 30.3 Å². The Morgan fingerprint density at radius 3 is 2.40 bits per heavy atom. The summed E-state index contributed by atoms with van der Waals surface area (Å²) in [6.45, 7) is 0.479. The van der Waals surface area contributed by atoms with Crippen LogP contribution in [0.4, 0.5) is 10.5 Å². The molecular weight excluding hydrogens is 278 g/mol. The van der Waals surface area contributed by atoms with Gasteiger partial charge in [-0.1, -0.05) is 29.8 Å². The van der Waals surface area contributed by atoms with Crippen molar-refractivity contribution in [1.82, 2.24) is 0 Å². The Hall–Kier alpha value is -2.20. The molecule has 1 N–H and O–H groups in total. The molecule has 104 valence electrons. The highest BCUT2D eigenvalue weighted by Gasteiger charge is 2.03. The first kappa shape index (κ1) is 14.2. The third kappa shape index (κ3) is 4.82. The topological polar surface area (TPSA) is 47.6 Å². The molecule has 0 aliphatic heterocycles. The van der Waals surface area contributed by atoms with Crippen LogP contribution in [-0.2, 0) is 4.74 Å². The van der Waals surface area contributed by atoms with E-state index in [9.17, 15) is 4.79 Å². The molecule has 0 aliphatic rings. The molecule has 20 heavy (non-hydrogen) atoms. The van der Waals surface area contributed by atoms with Crippen molar-refractivity contribution >= 4 is 23.4 Å². The van der Waals surface area contributed by atoms with E-state index in [2.05, 4.69) is 5.32 Å². The maximum absolute atomic E-state index is 11.5. The van der Waals surface area contributed by atoms with Crippen molar-refractivity contribution in [2.75, 3.05) is 18.5 Å². The number of carbonyl (C=O) groups is 1. The Morgan fingerprint density at radius 1 is 1.00 bits per heavy atom. The fraction of sp³-hybridized carbons (Fsp3) is 0.133. The van der Waals surface area contributed by atoms with Crippen LogP contribution in [0.25, 0.3) is 0 Å². The maximum Gasteiger partial charge on any atom is 0.411 e. The molecule has 0 atom stereocenters. The summed E-state index contributed by atoms with van der Waals surface area (Å²) < 4.78 is 10.4. The smallest absolute Gasteiger partial charge is 0.411 e. The molecule has 0 saturated carbocycles. The SMILES string of the molecule is O=C(Nc1ccc(Cl)cc1)OCCOc1ccccc1. The zero-order valence-electron chi connectivity index (χ0n) is 10.7. The fourth-order valence-corrected chi connectivity index (χ4v) is 1.62. The van der Waals surface area contributed by atoms with Crippen LogP contribution in [-0.4, -0.2) is 19.3 Å². The molecule has 0 heterocycles. The van der Waals surface area contributed by atoms with Crippen molar-refractivity contribution in [3.05, 3.63) is 59.6 Å². The molecule has 0 aromatic heterocycles. The van der Waals surface area contributed by atoms with Crippen LogP contribution in [0, 0.1) is 0 Å². The number of nitrogens with one attached hydrogen (secondary N) is 1. The maximum atomic E-state index is 11.5. The summed E-state index contributed by atoms with van der Waals surface area (Å²) in [5.41, 5.74) is 0.628. The van der Waals surface area contributed by atoms with Gasteiger partial charge in [0.1, 0.15) is 19.0 Å². The Balaban J connectivity index is 1.66. The highest BCUT2D eigenvalue weighted by atomic mass is 35.5. The van der Waals surface area contributed by atoms with Crippen molar-refractivity contribution < 1.29 is 14.3 Å². The Labute approximate surface area is 122 Å². The van der Waals surface area contributed by atoms with Crippen molar-refractivity contribution in [3.63, 3.8) is 0 Å². The molecule has 0 saturated heterocycles. The number of carbonyl (C=O) groups excluding carboxylic acids is 1. The summed E-state index contributed by atoms with van der Waals surface area (Å²) >= 11 is 5.75. The van der Waals surface area contributed by atoms with Gasteiger partial charge in [0.15, 0.2) is 0 Å². The Bertz CT molecular complexity index is 543. The van der Waals surface area contributed by atoms with E-state index in [0.29, 0.717) is 17.3 Å². The van der Waals surface area contributed by atoms with Crippen molar-refractivity contribution in [2.24, 2.45) is 0 Å². The largest absolute Gasteiger partial charge is 0.490 e. The van der Waals surface area contributed by atoms with Crippen LogP contribution in [0.5, 0.6) is 5.75 Å². The number of amides is 1. The van der Waals surface area contributed by atoms with E-state index in [0.717, 1.165) is 5.75 Å². The number of ether oxygens (including phenoxy) is 2. The minimum atomic E-state index is -0.524. The van der Waals surface area contributed by atoms with E-state index in [4.69, 9.17) is 21.1 Å². The molecule has 2 rings (SSSR count). The lowest BCUT2D eigenvalue weighted by Crippen LogP contribution is -2.17. The van der Waals surface area contributed by atoms with Crippen LogP contribution in [0.1, 0.15) is 0 Å². The molecule has 2 aromatic rings. The molecule has 0 bridgehead atoms. The monoisotopic (exact) mass is 291 g/mol. The first-order chi connectivity index (χ1) is 9.74. The molecule has 0 radical (unpaired) electrons. The van der Waals surface area contributed by atoms with Gasteiger partial charge in [-0.05, 0) is 36.4 Å². The second-order valence-electron chi connectivity index (χ2n) is 3.93. The Morgan fingerprint density at radius 2 is 1.70 bits per heavy atom. The summed E-state index contributed by atoms with van der Waals surface area (Å²) in [5, 5.41) is 3.20. The lowest BCUT2D eigenvalue weighted by atomic mass is 10.3. The zero-order chi connectivity index (χ0) is 14.2. The molecule has 0 unspecified atom stereocenters. The lowest BCUT2D eigenvalue weighted by Gasteiger charge is -2.08. The second-order valence-corrected chi connectivity index (χ2v) is 4.37. The van der Waals surface area contributed by atoms with Gasteiger partial charge in [-0.2, -0.15) is 0 Å². The van der Waals surface area contributed by atoms with Crippen molar-refractivity contribution in [2.45, 2.75) is 0 Å². The van der Waals surface area contributed by atoms with E-state index in [1.165, 1.54) is 0 Å². The predicted octanol–water partition coefficient (Wildman–Crippen LogP) is 3.97. The van der Waals surface area contributed by atoms with Gasteiger partial charge < -0.3 is 9.47 Å². The standard InChI is InChI=1S/C15H14ClNO3/c16-12-6-8-13(9-7-12)17-15(18)20-11-10-19-14-4-2-1-3-5-14/h1-9H,10-11H2,(H,17,18). The third-order valence-electron chi connectivity index (χ3n) is 2.42. The first-order valence-corrected chi connectivity index (χ1v) is 6.49. The van der Waals surface area contributed by atoms with Gasteiger partial charge in [0, 0.05) is 10.7 Å². The minimum Gasteiger partial charge on any atom is -0.490 e. The molecular formula is C15H14ClNO3. The molecule has 0 fully saturated rings. The molecule has 0 aliphatic carbocycles. The van der Waals surface area contributed by atoms with Gasteiger partial charge in [0.25, 0.3) is 0 Å². The second kappa shape index (κ2) is 7.40. The quantitative estimate of drug-likeness (QED) is 0.848. The van der Waals surface area contributed by atoms with Gasteiger partial charge >= 0.3 is 6.09 Å². The summed E-state index contributed by atoms with van der Waals surface area (Å²) in [7, 11) is 0. The number of hydrogen-bond donors (Lipinski definition) is 1. The first-order valence-electron chi connectivity index (χ1n) is 6.11. The highest BCUT2D eigenvalue weighted by Crippen LogP contribution is 2.13. The third-order valence-corrected chi connectivity index (χ3v) is 2.67. The van der Waals surface area contributed by atoms with Gasteiger partial charge in [0.2, 0.25) is 0 Å². The number of halogens is 1. The van der Waals surface area contributed by atoms with Gasteiger partial charge in [-0.3, -0.25) is 5.32 Å². The van der Waals surface area contributed by atoms with Gasteiger partial charge in [-0.15, -0.1) is 0 Å². The van der Waals surface area contributed by atoms with Crippen LogP contribution in [0.3, 0.4) is 0 Å². The zero-order valence-corrected chi connectivity index (χ0v) is 11.5. The van der Waals surface area contributed by atoms with E-state index in [-0.39, 0.29) is 6.61 Å². The molecule has 5 heteroatoms. The van der Waals surface area contributed by atoms with Gasteiger partial charge in [0.05, 0.1) is 0 Å². The summed E-state index contributed by atoms with van der Waals surface area (Å²) in [4.78, 5) is 11.5. The number of anilines is 1. The average Bonchev–Trinajstić information content (AvgIpc) is 2.47. The van der Waals surface area contributed by atoms with Crippen LogP contribution in [0.2, 0.25) is 5.02 Å². The van der Waals surface area contributed by atoms with Crippen LogP contribution < -0.4 is 10.1 Å². The molecule has 2 aromatic carbocycles. The normalized spacial score (nSPS) is 9.85. The lowest BCUT2D eigenvalue weighted by molar-refractivity contribution is 0.138. The van der Waals surface area contributed by atoms with Crippen LogP contribution in [0.15, 0.2) is 54.6 Å². The van der Waals surface area contributed by atoms with E-state index in [1.54, 1.807) is 24.3 Å². The Kier molecular flexibility index (Phi) is 5.26. The van der Waals surface area contributed by atoms with Crippen molar-refractivity contribution in [3.8, 4) is 5.75 Å². The minimum absolute atomic E-state index is 0.175. The number of para-hydroxylation sites is 1. The molecule has 1 amide bonds. The molecule has 4 nitrogen and oxygen atoms in total. The number of benzene rings is 2. The number of rotatable bonds is 5. The average molecular weight is 292 g/mol. The van der Waals surface area contributed by atoms with Crippen molar-refractivity contribution in [1.29, 1.82) is 0 Å². The van der Waals surface area contributed by atoms with Gasteiger partial charge in [-0.25, -0.2) is 4.79 Å². The van der Waals surface area contributed by atoms with E-state index >= 15 is 0 Å². The molecule has 0 spiro atoms. The summed E-state index contributed by atoms with van der Waals surface area (Å²) in [6.07, 6.45) is -0.524. The summed E-state index contributed by atoms with van der Waals surface area (Å²) in [6, 6.07) is 16.1.